The maximum absolute atomic E-state index is 9.19. The van der Waals surface area contributed by atoms with Crippen LogP contribution in [-0.4, -0.2) is 50.9 Å². The third kappa shape index (κ3) is 33.5. The lowest BCUT2D eigenvalue weighted by atomic mass is 10.1. The Hall–Kier alpha value is -0.130. The average Bonchev–Trinajstić information content (AvgIpc) is 2.58. The zero-order valence-electron chi connectivity index (χ0n) is 19.8. The highest BCUT2D eigenvalue weighted by molar-refractivity contribution is 7.85. The topological polar surface area (TPSA) is 54.4 Å². The van der Waals surface area contributed by atoms with Gasteiger partial charge in [0.2, 0.25) is 0 Å². The van der Waals surface area contributed by atoms with E-state index >= 15 is 0 Å². The summed E-state index contributed by atoms with van der Waals surface area (Å²) in [6.07, 6.45) is 23.8. The minimum atomic E-state index is -3.67. The van der Waals surface area contributed by atoms with Crippen LogP contribution in [0.1, 0.15) is 117 Å². The van der Waals surface area contributed by atoms with Crippen LogP contribution in [0.3, 0.4) is 0 Å². The second-order valence-electron chi connectivity index (χ2n) is 9.07. The second-order valence-corrected chi connectivity index (χ2v) is 10.5. The third-order valence-electron chi connectivity index (χ3n) is 5.23. The van der Waals surface area contributed by atoms with Crippen LogP contribution in [0.4, 0.5) is 0 Å². The van der Waals surface area contributed by atoms with E-state index in [0.717, 1.165) is 0 Å². The average molecular weight is 423 g/mol. The van der Waals surface area contributed by atoms with E-state index in [0.29, 0.717) is 6.26 Å². The summed E-state index contributed by atoms with van der Waals surface area (Å²) in [5.74, 6) is 0. The van der Waals surface area contributed by atoms with Gasteiger partial charge in [-0.25, -0.2) is 0 Å². The van der Waals surface area contributed by atoms with Gasteiger partial charge in [-0.2, -0.15) is 8.42 Å². The Labute approximate surface area is 177 Å². The molecule has 1 N–H and O–H groups in total. The molecule has 0 spiro atoms. The molecule has 0 aliphatic carbocycles. The summed E-state index contributed by atoms with van der Waals surface area (Å²) in [6.45, 7) is 7.36. The van der Waals surface area contributed by atoms with Crippen molar-refractivity contribution in [2.75, 3.05) is 33.4 Å². The molecule has 0 saturated carbocycles. The highest BCUT2D eigenvalue weighted by Crippen LogP contribution is 2.13. The second kappa shape index (κ2) is 20.2. The van der Waals surface area contributed by atoms with E-state index in [1.165, 1.54) is 120 Å². The van der Waals surface area contributed by atoms with Crippen molar-refractivity contribution < 1.29 is 17.5 Å². The molecule has 0 rings (SSSR count). The molecule has 5 heteroatoms. The zero-order valence-corrected chi connectivity index (χ0v) is 20.7. The first-order chi connectivity index (χ1) is 13.1. The lowest BCUT2D eigenvalue weighted by Gasteiger charge is -2.30. The van der Waals surface area contributed by atoms with Gasteiger partial charge in [-0.1, -0.05) is 90.9 Å². The Morgan fingerprint density at radius 3 is 1.04 bits per heavy atom. The van der Waals surface area contributed by atoms with Crippen molar-refractivity contribution >= 4 is 10.1 Å². The Morgan fingerprint density at radius 2 is 0.786 bits per heavy atom. The molecule has 172 valence electrons. The number of rotatable bonds is 18. The largest absolute Gasteiger partial charge is 0.328 e. The number of nitrogens with zero attached hydrogens (tertiary/aromatic N) is 1. The van der Waals surface area contributed by atoms with E-state index in [2.05, 4.69) is 27.9 Å². The standard InChI is InChI=1S/C22H48N.CH4O3S/c1-5-7-9-11-13-15-17-19-21-23(3,4)22-20-18-16-14-12-10-8-6-2;1-5(2,3)4/h5-22H2,1-4H3;1H3,(H,2,3,4)/q+1;. The molecule has 0 saturated heterocycles. The van der Waals surface area contributed by atoms with Gasteiger partial charge in [0.15, 0.2) is 0 Å². The van der Waals surface area contributed by atoms with Crippen LogP contribution >= 0.6 is 0 Å². The predicted molar refractivity (Wildman–Crippen MR) is 125 cm³/mol. The molecular weight excluding hydrogens is 370 g/mol. The maximum atomic E-state index is 9.19. The number of unbranched alkanes of at least 4 members (excludes halogenated alkanes) is 14. The van der Waals surface area contributed by atoms with E-state index in [4.69, 9.17) is 4.55 Å². The van der Waals surface area contributed by atoms with Gasteiger partial charge in [-0.3, -0.25) is 4.55 Å². The van der Waals surface area contributed by atoms with Gasteiger partial charge in [0, 0.05) is 0 Å². The lowest BCUT2D eigenvalue weighted by Crippen LogP contribution is -2.41. The Bertz CT molecular complexity index is 378. The van der Waals surface area contributed by atoms with Crippen molar-refractivity contribution in [3.8, 4) is 0 Å². The fourth-order valence-electron chi connectivity index (χ4n) is 3.46. The van der Waals surface area contributed by atoms with Gasteiger partial charge < -0.3 is 4.48 Å². The van der Waals surface area contributed by atoms with Gasteiger partial charge in [0.25, 0.3) is 10.1 Å². The van der Waals surface area contributed by atoms with Gasteiger partial charge in [0.05, 0.1) is 33.4 Å². The van der Waals surface area contributed by atoms with Crippen LogP contribution in [0.5, 0.6) is 0 Å². The highest BCUT2D eigenvalue weighted by Gasteiger charge is 2.13. The molecule has 0 unspecified atom stereocenters. The predicted octanol–water partition coefficient (Wildman–Crippen LogP) is 6.85. The fourth-order valence-corrected chi connectivity index (χ4v) is 3.46. The van der Waals surface area contributed by atoms with E-state index in [1.54, 1.807) is 0 Å². The van der Waals surface area contributed by atoms with Crippen LogP contribution in [0, 0.1) is 0 Å². The van der Waals surface area contributed by atoms with Crippen molar-refractivity contribution in [2.45, 2.75) is 117 Å². The molecule has 0 aliphatic heterocycles. The zero-order chi connectivity index (χ0) is 21.7. The molecule has 4 nitrogen and oxygen atoms in total. The smallest absolute Gasteiger partial charge is 0.261 e. The van der Waals surface area contributed by atoms with Crippen molar-refractivity contribution in [2.24, 2.45) is 0 Å². The summed E-state index contributed by atoms with van der Waals surface area (Å²) in [4.78, 5) is 0. The monoisotopic (exact) mass is 422 g/mol. The molecular formula is C23H52NO3S+. The lowest BCUT2D eigenvalue weighted by molar-refractivity contribution is -0.890. The molecule has 0 amide bonds. The molecule has 0 fully saturated rings. The van der Waals surface area contributed by atoms with E-state index in [1.807, 2.05) is 0 Å². The van der Waals surface area contributed by atoms with Gasteiger partial charge in [-0.05, 0) is 25.7 Å². The molecule has 0 atom stereocenters. The Kier molecular flexibility index (Phi) is 21.6. The minimum absolute atomic E-state index is 0.715. The van der Waals surface area contributed by atoms with Crippen LogP contribution in [0.25, 0.3) is 0 Å². The van der Waals surface area contributed by atoms with Crippen LogP contribution in [0.2, 0.25) is 0 Å². The number of hydrogen-bond acceptors (Lipinski definition) is 2. The van der Waals surface area contributed by atoms with E-state index < -0.39 is 10.1 Å². The SMILES string of the molecule is CCCCCCCCCC[N+](C)(C)CCCCCCCCCC.CS(=O)(=O)O. The van der Waals surface area contributed by atoms with Crippen LogP contribution in [-0.2, 0) is 10.1 Å². The van der Waals surface area contributed by atoms with E-state index in [-0.39, 0.29) is 0 Å². The minimum Gasteiger partial charge on any atom is -0.328 e. The molecule has 28 heavy (non-hydrogen) atoms. The van der Waals surface area contributed by atoms with Crippen LogP contribution in [0.15, 0.2) is 0 Å². The number of hydrogen-bond donors (Lipinski definition) is 1. The highest BCUT2D eigenvalue weighted by atomic mass is 32.2. The molecule has 0 bridgehead atoms. The molecule has 0 aromatic carbocycles. The summed E-state index contributed by atoms with van der Waals surface area (Å²) in [6, 6.07) is 0. The summed E-state index contributed by atoms with van der Waals surface area (Å²) in [5.41, 5.74) is 0. The first kappa shape index (κ1) is 30.1. The maximum Gasteiger partial charge on any atom is 0.261 e. The quantitative estimate of drug-likeness (QED) is 0.149. The third-order valence-corrected chi connectivity index (χ3v) is 5.23. The van der Waals surface area contributed by atoms with Crippen molar-refractivity contribution in [1.82, 2.24) is 0 Å². The van der Waals surface area contributed by atoms with Gasteiger partial charge in [-0.15, -0.1) is 0 Å². The van der Waals surface area contributed by atoms with Gasteiger partial charge in [0.1, 0.15) is 0 Å². The van der Waals surface area contributed by atoms with Gasteiger partial charge >= 0.3 is 0 Å². The normalized spacial score (nSPS) is 11.9. The summed E-state index contributed by atoms with van der Waals surface area (Å²) < 4.78 is 27.1. The summed E-state index contributed by atoms with van der Waals surface area (Å²) in [7, 11) is 1.20. The number of quaternary nitrogens is 1. The van der Waals surface area contributed by atoms with Crippen molar-refractivity contribution in [3.63, 3.8) is 0 Å². The first-order valence-electron chi connectivity index (χ1n) is 11.9. The van der Waals surface area contributed by atoms with Crippen molar-refractivity contribution in [1.29, 1.82) is 0 Å². The van der Waals surface area contributed by atoms with Crippen molar-refractivity contribution in [3.05, 3.63) is 0 Å². The Balaban J connectivity index is 0. The molecule has 0 radical (unpaired) electrons. The van der Waals surface area contributed by atoms with E-state index in [9.17, 15) is 8.42 Å². The molecule has 0 heterocycles. The fraction of sp³-hybridized carbons (Fsp3) is 1.00. The summed E-state index contributed by atoms with van der Waals surface area (Å²) >= 11 is 0. The van der Waals surface area contributed by atoms with Crippen LogP contribution < -0.4 is 0 Å². The Morgan fingerprint density at radius 1 is 0.571 bits per heavy atom. The first-order valence-corrected chi connectivity index (χ1v) is 13.7. The summed E-state index contributed by atoms with van der Waals surface area (Å²) in [5, 5.41) is 0. The molecule has 0 aromatic rings. The molecule has 0 aromatic heterocycles. The molecule has 0 aliphatic rings.